The van der Waals surface area contributed by atoms with Gasteiger partial charge >= 0.3 is 6.18 Å². The first kappa shape index (κ1) is 19.6. The Kier molecular flexibility index (Phi) is 5.77. The van der Waals surface area contributed by atoms with E-state index in [1.54, 1.807) is 25.1 Å². The van der Waals surface area contributed by atoms with Crippen molar-refractivity contribution in [2.24, 2.45) is 0 Å². The Labute approximate surface area is 159 Å². The van der Waals surface area contributed by atoms with E-state index in [0.29, 0.717) is 36.1 Å². The molecule has 2 N–H and O–H groups in total. The molecule has 0 amide bonds. The van der Waals surface area contributed by atoms with Crippen molar-refractivity contribution in [1.29, 1.82) is 0 Å². The topological polar surface area (TPSA) is 49.8 Å². The zero-order valence-corrected chi connectivity index (χ0v) is 15.0. The maximum Gasteiger partial charge on any atom is 0.416 e. The first-order valence-corrected chi connectivity index (χ1v) is 8.58. The van der Waals surface area contributed by atoms with Crippen LogP contribution in [0.15, 0.2) is 54.6 Å². The molecule has 0 radical (unpaired) electrons. The summed E-state index contributed by atoms with van der Waals surface area (Å²) in [6.45, 7) is 2.35. The summed E-state index contributed by atoms with van der Waals surface area (Å²) in [5.41, 5.74) is 1.46. The molecule has 4 nitrogen and oxygen atoms in total. The summed E-state index contributed by atoms with van der Waals surface area (Å²) in [5.74, 6) is 0.589. The van der Waals surface area contributed by atoms with Crippen molar-refractivity contribution in [1.82, 2.24) is 9.97 Å². The van der Waals surface area contributed by atoms with E-state index in [1.165, 1.54) is 24.3 Å². The normalized spacial score (nSPS) is 11.3. The van der Waals surface area contributed by atoms with E-state index < -0.39 is 11.7 Å². The van der Waals surface area contributed by atoms with Gasteiger partial charge in [-0.1, -0.05) is 12.1 Å². The van der Waals surface area contributed by atoms with Crippen LogP contribution in [0.1, 0.15) is 16.8 Å². The van der Waals surface area contributed by atoms with Crippen molar-refractivity contribution >= 4 is 17.5 Å². The molecule has 0 aliphatic carbocycles. The average molecular weight is 390 g/mol. The fourth-order valence-corrected chi connectivity index (χ4v) is 2.57. The van der Waals surface area contributed by atoms with E-state index >= 15 is 0 Å². The summed E-state index contributed by atoms with van der Waals surface area (Å²) in [5, 5.41) is 6.08. The van der Waals surface area contributed by atoms with Gasteiger partial charge in [0.1, 0.15) is 11.6 Å². The molecule has 3 rings (SSSR count). The molecule has 0 aliphatic rings. The Hall–Kier alpha value is -3.16. The van der Waals surface area contributed by atoms with Gasteiger partial charge < -0.3 is 10.6 Å². The lowest BCUT2D eigenvalue weighted by molar-refractivity contribution is -0.137. The maximum absolute atomic E-state index is 12.9. The molecule has 0 fully saturated rings. The summed E-state index contributed by atoms with van der Waals surface area (Å²) < 4.78 is 50.9. The second-order valence-electron chi connectivity index (χ2n) is 6.22. The van der Waals surface area contributed by atoms with Gasteiger partial charge in [-0.05, 0) is 55.3 Å². The molecule has 0 saturated carbocycles. The average Bonchev–Trinajstić information content (AvgIpc) is 2.63. The molecule has 1 heterocycles. The van der Waals surface area contributed by atoms with Gasteiger partial charge in [0.05, 0.1) is 5.56 Å². The lowest BCUT2D eigenvalue weighted by Crippen LogP contribution is -2.10. The third kappa shape index (κ3) is 5.42. The van der Waals surface area contributed by atoms with Crippen LogP contribution in [0.4, 0.5) is 35.0 Å². The monoisotopic (exact) mass is 390 g/mol. The van der Waals surface area contributed by atoms with Gasteiger partial charge in [-0.25, -0.2) is 9.37 Å². The Morgan fingerprint density at radius 2 is 1.61 bits per heavy atom. The number of benzene rings is 2. The first-order valence-electron chi connectivity index (χ1n) is 8.58. The van der Waals surface area contributed by atoms with E-state index in [4.69, 9.17) is 0 Å². The molecule has 2 aromatic carbocycles. The summed E-state index contributed by atoms with van der Waals surface area (Å²) >= 11 is 0. The summed E-state index contributed by atoms with van der Waals surface area (Å²) in [7, 11) is 0. The molecule has 0 bridgehead atoms. The van der Waals surface area contributed by atoms with Gasteiger partial charge in [0.15, 0.2) is 0 Å². The number of nitrogens with one attached hydrogen (secondary N) is 2. The third-order valence-electron chi connectivity index (χ3n) is 3.95. The molecule has 28 heavy (non-hydrogen) atoms. The van der Waals surface area contributed by atoms with Gasteiger partial charge in [0.2, 0.25) is 5.95 Å². The van der Waals surface area contributed by atoms with E-state index in [9.17, 15) is 17.6 Å². The van der Waals surface area contributed by atoms with Crippen LogP contribution in [-0.2, 0) is 12.6 Å². The quantitative estimate of drug-likeness (QED) is 0.558. The molecular formula is C20H18F4N4. The van der Waals surface area contributed by atoms with Crippen LogP contribution in [0.3, 0.4) is 0 Å². The van der Waals surface area contributed by atoms with Gasteiger partial charge in [0, 0.05) is 24.0 Å². The molecule has 1 aromatic heterocycles. The zero-order chi connectivity index (χ0) is 20.1. The molecule has 0 saturated heterocycles. The minimum atomic E-state index is -4.37. The largest absolute Gasteiger partial charge is 0.416 e. The summed E-state index contributed by atoms with van der Waals surface area (Å²) in [4.78, 5) is 8.63. The van der Waals surface area contributed by atoms with Crippen LogP contribution in [0.2, 0.25) is 0 Å². The number of hydrogen-bond acceptors (Lipinski definition) is 4. The van der Waals surface area contributed by atoms with Gasteiger partial charge in [-0.2, -0.15) is 18.2 Å². The van der Waals surface area contributed by atoms with E-state index in [-0.39, 0.29) is 5.82 Å². The van der Waals surface area contributed by atoms with E-state index in [1.807, 2.05) is 0 Å². The van der Waals surface area contributed by atoms with Crippen molar-refractivity contribution < 1.29 is 17.6 Å². The minimum Gasteiger partial charge on any atom is -0.354 e. The maximum atomic E-state index is 12.9. The van der Waals surface area contributed by atoms with Crippen LogP contribution in [0.25, 0.3) is 0 Å². The summed E-state index contributed by atoms with van der Waals surface area (Å²) in [6.07, 6.45) is -3.70. The number of hydrogen-bond donors (Lipinski definition) is 2. The van der Waals surface area contributed by atoms with Crippen LogP contribution in [0.5, 0.6) is 0 Å². The molecule has 0 spiro atoms. The second kappa shape index (κ2) is 8.24. The summed E-state index contributed by atoms with van der Waals surface area (Å²) in [6, 6.07) is 12.7. The first-order chi connectivity index (χ1) is 13.3. The minimum absolute atomic E-state index is 0.280. The standard InChI is InChI=1S/C20H18F4N4/c1-13-12-18(27-17-8-4-15(5-9-17)20(22,23)24)28-19(26-13)25-11-10-14-2-6-16(21)7-3-14/h2-9,12H,10-11H2,1H3,(H2,25,26,27,28). The number of alkyl halides is 3. The molecule has 0 unspecified atom stereocenters. The van der Waals surface area contributed by atoms with Crippen LogP contribution < -0.4 is 10.6 Å². The van der Waals surface area contributed by atoms with Crippen LogP contribution >= 0.6 is 0 Å². The fraction of sp³-hybridized carbons (Fsp3) is 0.200. The number of anilines is 3. The van der Waals surface area contributed by atoms with Crippen molar-refractivity contribution in [2.75, 3.05) is 17.2 Å². The van der Waals surface area contributed by atoms with E-state index in [2.05, 4.69) is 20.6 Å². The highest BCUT2D eigenvalue weighted by molar-refractivity contribution is 5.58. The zero-order valence-electron chi connectivity index (χ0n) is 15.0. The molecule has 0 aliphatic heterocycles. The lowest BCUT2D eigenvalue weighted by atomic mass is 10.1. The Balaban J connectivity index is 1.63. The molecule has 0 atom stereocenters. The molecule has 3 aromatic rings. The second-order valence-corrected chi connectivity index (χ2v) is 6.22. The highest BCUT2D eigenvalue weighted by Gasteiger charge is 2.29. The predicted molar refractivity (Wildman–Crippen MR) is 100 cm³/mol. The third-order valence-corrected chi connectivity index (χ3v) is 3.95. The molecule has 8 heteroatoms. The fourth-order valence-electron chi connectivity index (χ4n) is 2.57. The number of nitrogens with zero attached hydrogens (tertiary/aromatic N) is 2. The van der Waals surface area contributed by atoms with Crippen molar-refractivity contribution in [3.63, 3.8) is 0 Å². The highest BCUT2D eigenvalue weighted by atomic mass is 19.4. The predicted octanol–water partition coefficient (Wildman–Crippen LogP) is 5.34. The SMILES string of the molecule is Cc1cc(Nc2ccc(C(F)(F)F)cc2)nc(NCCc2ccc(F)cc2)n1. The highest BCUT2D eigenvalue weighted by Crippen LogP contribution is 2.30. The Bertz CT molecular complexity index is 922. The molecule has 146 valence electrons. The molecular weight excluding hydrogens is 372 g/mol. The van der Waals surface area contributed by atoms with Crippen LogP contribution in [-0.4, -0.2) is 16.5 Å². The number of rotatable bonds is 6. The van der Waals surface area contributed by atoms with Crippen molar-refractivity contribution in [3.05, 3.63) is 77.2 Å². The van der Waals surface area contributed by atoms with Gasteiger partial charge in [-0.15, -0.1) is 0 Å². The number of aromatic nitrogens is 2. The van der Waals surface area contributed by atoms with Gasteiger partial charge in [-0.3, -0.25) is 0 Å². The Morgan fingerprint density at radius 1 is 0.929 bits per heavy atom. The number of aryl methyl sites for hydroxylation is 1. The van der Waals surface area contributed by atoms with Crippen molar-refractivity contribution in [3.8, 4) is 0 Å². The number of halogens is 4. The van der Waals surface area contributed by atoms with Crippen LogP contribution in [0, 0.1) is 12.7 Å². The van der Waals surface area contributed by atoms with E-state index in [0.717, 1.165) is 17.7 Å². The van der Waals surface area contributed by atoms with Gasteiger partial charge in [0.25, 0.3) is 0 Å². The Morgan fingerprint density at radius 3 is 2.25 bits per heavy atom. The lowest BCUT2D eigenvalue weighted by Gasteiger charge is -2.11. The smallest absolute Gasteiger partial charge is 0.354 e. The van der Waals surface area contributed by atoms with Crippen molar-refractivity contribution in [2.45, 2.75) is 19.5 Å².